The molecule has 0 unspecified atom stereocenters. The Balaban J connectivity index is 2.41. The summed E-state index contributed by atoms with van der Waals surface area (Å²) in [4.78, 5) is 27.9. The third kappa shape index (κ3) is 8.37. The maximum absolute atomic E-state index is 13.7. The molecule has 0 bridgehead atoms. The molecule has 35 heavy (non-hydrogen) atoms. The smallest absolute Gasteiger partial charge is 0.244 e. The summed E-state index contributed by atoms with van der Waals surface area (Å²) in [6.07, 6.45) is 2.95. The number of hydrogen-bond donors (Lipinski definition) is 1. The van der Waals surface area contributed by atoms with Gasteiger partial charge < -0.3 is 10.2 Å². The summed E-state index contributed by atoms with van der Waals surface area (Å²) in [5.41, 5.74) is 0.762. The van der Waals surface area contributed by atoms with E-state index in [-0.39, 0.29) is 23.2 Å². The predicted octanol–water partition coefficient (Wildman–Crippen LogP) is 4.62. The van der Waals surface area contributed by atoms with Gasteiger partial charge in [0.15, 0.2) is 0 Å². The lowest BCUT2D eigenvalue weighted by molar-refractivity contribution is -0.140. The molecule has 0 saturated heterocycles. The Morgan fingerprint density at radius 1 is 1.09 bits per heavy atom. The number of amides is 2. The first kappa shape index (κ1) is 28.9. The first-order valence-corrected chi connectivity index (χ1v) is 13.8. The van der Waals surface area contributed by atoms with Crippen LogP contribution in [0.4, 0.5) is 10.1 Å². The molecule has 0 heterocycles. The van der Waals surface area contributed by atoms with E-state index in [1.54, 1.807) is 31.2 Å². The van der Waals surface area contributed by atoms with Crippen LogP contribution in [0.1, 0.15) is 38.7 Å². The lowest BCUT2D eigenvalue weighted by atomic mass is 10.1. The molecule has 0 aliphatic rings. The van der Waals surface area contributed by atoms with Gasteiger partial charge in [0.05, 0.1) is 17.0 Å². The molecule has 7 nitrogen and oxygen atoms in total. The van der Waals surface area contributed by atoms with Crippen molar-refractivity contribution in [1.82, 2.24) is 10.2 Å². The van der Waals surface area contributed by atoms with Gasteiger partial charge in [-0.25, -0.2) is 12.8 Å². The summed E-state index contributed by atoms with van der Waals surface area (Å²) >= 11 is 11.8. The van der Waals surface area contributed by atoms with E-state index in [9.17, 15) is 22.4 Å². The van der Waals surface area contributed by atoms with Gasteiger partial charge in [0.25, 0.3) is 0 Å². The van der Waals surface area contributed by atoms with Crippen molar-refractivity contribution in [3.05, 3.63) is 63.9 Å². The third-order valence-corrected chi connectivity index (χ3v) is 7.03. The normalized spacial score (nSPS) is 12.2. The highest BCUT2D eigenvalue weighted by Gasteiger charge is 2.31. The molecule has 0 saturated carbocycles. The van der Waals surface area contributed by atoms with E-state index in [2.05, 4.69) is 5.32 Å². The molecule has 2 amide bonds. The average molecular weight is 546 g/mol. The molecule has 0 aliphatic heterocycles. The molecule has 0 aromatic heterocycles. The molecule has 192 valence electrons. The van der Waals surface area contributed by atoms with E-state index in [0.29, 0.717) is 18.0 Å². The molecule has 2 aromatic rings. The largest absolute Gasteiger partial charge is 0.354 e. The first-order chi connectivity index (χ1) is 16.5. The minimum Gasteiger partial charge on any atom is -0.354 e. The number of sulfonamides is 1. The second-order valence-electron chi connectivity index (χ2n) is 8.08. The van der Waals surface area contributed by atoms with Gasteiger partial charge in [0, 0.05) is 18.1 Å². The Hall–Kier alpha value is -2.36. The number of nitrogens with one attached hydrogen (secondary N) is 1. The number of halogens is 3. The second-order valence-corrected chi connectivity index (χ2v) is 10.8. The lowest BCUT2D eigenvalue weighted by Crippen LogP contribution is -2.52. The summed E-state index contributed by atoms with van der Waals surface area (Å²) in [5, 5.41) is 3.09. The molecule has 1 atom stereocenters. The number of carbonyl (C=O) groups is 2. The number of carbonyl (C=O) groups excluding carboxylic acids is 2. The van der Waals surface area contributed by atoms with Crippen molar-refractivity contribution in [3.8, 4) is 0 Å². The van der Waals surface area contributed by atoms with Gasteiger partial charge >= 0.3 is 0 Å². The summed E-state index contributed by atoms with van der Waals surface area (Å²) in [7, 11) is -3.94. The Labute approximate surface area is 216 Å². The van der Waals surface area contributed by atoms with Gasteiger partial charge in [0.2, 0.25) is 21.8 Å². The summed E-state index contributed by atoms with van der Waals surface area (Å²) in [6, 6.07) is 9.39. The van der Waals surface area contributed by atoms with Crippen LogP contribution < -0.4 is 9.62 Å². The summed E-state index contributed by atoms with van der Waals surface area (Å²) in [6.45, 7) is 3.73. The fourth-order valence-corrected chi connectivity index (χ4v) is 4.61. The van der Waals surface area contributed by atoms with E-state index in [1.807, 2.05) is 6.92 Å². The van der Waals surface area contributed by atoms with Crippen molar-refractivity contribution in [2.75, 3.05) is 23.7 Å². The third-order valence-electron chi connectivity index (χ3n) is 5.35. The maximum Gasteiger partial charge on any atom is 0.244 e. The second kappa shape index (κ2) is 13.1. The Bertz CT molecular complexity index is 1130. The zero-order valence-corrected chi connectivity index (χ0v) is 22.3. The zero-order valence-electron chi connectivity index (χ0n) is 19.9. The number of hydrogen-bond acceptors (Lipinski definition) is 4. The van der Waals surface area contributed by atoms with Crippen LogP contribution in [0.5, 0.6) is 0 Å². The van der Waals surface area contributed by atoms with Crippen molar-refractivity contribution >= 4 is 50.7 Å². The Kier molecular flexibility index (Phi) is 10.8. The van der Waals surface area contributed by atoms with Gasteiger partial charge in [0.1, 0.15) is 18.4 Å². The molecular formula is C24H30Cl2FN3O4S. The number of rotatable bonds is 12. The van der Waals surface area contributed by atoms with Gasteiger partial charge in [-0.1, -0.05) is 55.6 Å². The van der Waals surface area contributed by atoms with Crippen LogP contribution >= 0.6 is 23.2 Å². The molecule has 0 fully saturated rings. The van der Waals surface area contributed by atoms with Crippen LogP contribution in [0.3, 0.4) is 0 Å². The fourth-order valence-electron chi connectivity index (χ4n) is 3.47. The Morgan fingerprint density at radius 3 is 2.29 bits per heavy atom. The lowest BCUT2D eigenvalue weighted by Gasteiger charge is -2.33. The first-order valence-electron chi connectivity index (χ1n) is 11.2. The number of nitrogens with zero attached hydrogens (tertiary/aromatic N) is 2. The van der Waals surface area contributed by atoms with Gasteiger partial charge in [-0.05, 0) is 48.7 Å². The number of benzene rings is 2. The SMILES string of the molecule is CCCCNC(=O)[C@H](CC)N(Cc1ccc(Cl)cc1)C(=O)CN(c1ccc(F)c(Cl)c1)S(C)(=O)=O. The summed E-state index contributed by atoms with van der Waals surface area (Å²) in [5.74, 6) is -1.63. The van der Waals surface area contributed by atoms with Gasteiger partial charge in [-0.3, -0.25) is 13.9 Å². The van der Waals surface area contributed by atoms with Crippen molar-refractivity contribution in [1.29, 1.82) is 0 Å². The quantitative estimate of drug-likeness (QED) is 0.394. The van der Waals surface area contributed by atoms with Crippen LogP contribution in [0, 0.1) is 5.82 Å². The number of anilines is 1. The van der Waals surface area contributed by atoms with Crippen LogP contribution in [-0.4, -0.2) is 50.5 Å². The van der Waals surface area contributed by atoms with E-state index >= 15 is 0 Å². The maximum atomic E-state index is 13.7. The highest BCUT2D eigenvalue weighted by molar-refractivity contribution is 7.92. The van der Waals surface area contributed by atoms with E-state index in [4.69, 9.17) is 23.2 Å². The fraction of sp³-hybridized carbons (Fsp3) is 0.417. The topological polar surface area (TPSA) is 86.8 Å². The van der Waals surface area contributed by atoms with Gasteiger partial charge in [-0.15, -0.1) is 0 Å². The Morgan fingerprint density at radius 2 is 1.74 bits per heavy atom. The molecule has 2 aromatic carbocycles. The highest BCUT2D eigenvalue weighted by Crippen LogP contribution is 2.25. The molecule has 0 aliphatic carbocycles. The van der Waals surface area contributed by atoms with E-state index in [0.717, 1.165) is 41.1 Å². The highest BCUT2D eigenvalue weighted by atomic mass is 35.5. The van der Waals surface area contributed by atoms with Crippen molar-refractivity contribution in [2.45, 2.75) is 45.7 Å². The van der Waals surface area contributed by atoms with Gasteiger partial charge in [-0.2, -0.15) is 0 Å². The molecular weight excluding hydrogens is 516 g/mol. The average Bonchev–Trinajstić information content (AvgIpc) is 2.80. The minimum atomic E-state index is -3.94. The van der Waals surface area contributed by atoms with Crippen LogP contribution in [0.2, 0.25) is 10.0 Å². The zero-order chi connectivity index (χ0) is 26.2. The molecule has 0 radical (unpaired) electrons. The van der Waals surface area contributed by atoms with E-state index < -0.39 is 34.3 Å². The monoisotopic (exact) mass is 545 g/mol. The van der Waals surface area contributed by atoms with Crippen LogP contribution in [0.25, 0.3) is 0 Å². The molecule has 2 rings (SSSR count). The van der Waals surface area contributed by atoms with Crippen LogP contribution in [0.15, 0.2) is 42.5 Å². The van der Waals surface area contributed by atoms with Crippen molar-refractivity contribution in [3.63, 3.8) is 0 Å². The van der Waals surface area contributed by atoms with Crippen molar-refractivity contribution in [2.24, 2.45) is 0 Å². The van der Waals surface area contributed by atoms with E-state index in [1.165, 1.54) is 11.0 Å². The number of unbranched alkanes of at least 4 members (excludes halogenated alkanes) is 1. The standard InChI is InChI=1S/C24H30Cl2FN3O4S/c1-4-6-13-28-24(32)22(5-2)29(15-17-7-9-18(25)10-8-17)23(31)16-30(35(3,33)34)19-11-12-21(27)20(26)14-19/h7-12,14,22H,4-6,13,15-16H2,1-3H3,(H,28,32)/t22-/m0/s1. The molecule has 11 heteroatoms. The molecule has 1 N–H and O–H groups in total. The molecule has 0 spiro atoms. The summed E-state index contributed by atoms with van der Waals surface area (Å²) < 4.78 is 39.6. The predicted molar refractivity (Wildman–Crippen MR) is 138 cm³/mol. The van der Waals surface area contributed by atoms with Crippen molar-refractivity contribution < 1.29 is 22.4 Å². The van der Waals surface area contributed by atoms with Crippen LogP contribution in [-0.2, 0) is 26.2 Å². The minimum absolute atomic E-state index is 0.0409.